The lowest BCUT2D eigenvalue weighted by molar-refractivity contribution is 0.413. The van der Waals surface area contributed by atoms with Crippen LogP contribution in [0.2, 0.25) is 0 Å². The molecule has 0 amide bonds. The highest BCUT2D eigenvalue weighted by atomic mass is 32.2. The monoisotopic (exact) mass is 265 g/mol. The minimum Gasteiger partial charge on any atom is -0.497 e. The maximum atomic E-state index is 12.1. The minimum absolute atomic E-state index is 0.340. The van der Waals surface area contributed by atoms with Crippen molar-refractivity contribution < 1.29 is 13.4 Å². The van der Waals surface area contributed by atoms with Gasteiger partial charge < -0.3 is 14.9 Å². The highest BCUT2D eigenvalue weighted by molar-refractivity contribution is 7.84. The summed E-state index contributed by atoms with van der Waals surface area (Å²) in [5.41, 5.74) is 5.46. The maximum absolute atomic E-state index is 12.1. The van der Waals surface area contributed by atoms with E-state index in [1.807, 2.05) is 18.2 Å². The molecule has 0 saturated heterocycles. The molecule has 2 N–H and O–H groups in total. The molecule has 1 heterocycles. The first-order chi connectivity index (χ1) is 8.72. The van der Waals surface area contributed by atoms with Crippen LogP contribution in [-0.4, -0.2) is 11.3 Å². The summed E-state index contributed by atoms with van der Waals surface area (Å²) in [5, 5.41) is 0. The number of furan rings is 1. The van der Waals surface area contributed by atoms with Crippen LogP contribution in [0.4, 0.5) is 0 Å². The van der Waals surface area contributed by atoms with Crippen LogP contribution in [0.3, 0.4) is 0 Å². The van der Waals surface area contributed by atoms with Gasteiger partial charge in [0, 0.05) is 4.90 Å². The SMILES string of the molecule is COc1cccc(S(=O)Cc2ccc(CN)o2)c1. The number of hydrogen-bond donors (Lipinski definition) is 1. The van der Waals surface area contributed by atoms with Gasteiger partial charge in [0.2, 0.25) is 0 Å². The average molecular weight is 265 g/mol. The van der Waals surface area contributed by atoms with Crippen LogP contribution in [0.5, 0.6) is 5.75 Å². The lowest BCUT2D eigenvalue weighted by Gasteiger charge is -2.03. The quantitative estimate of drug-likeness (QED) is 0.898. The van der Waals surface area contributed by atoms with Crippen LogP contribution >= 0.6 is 0 Å². The zero-order valence-corrected chi connectivity index (χ0v) is 10.9. The van der Waals surface area contributed by atoms with E-state index in [2.05, 4.69) is 0 Å². The highest BCUT2D eigenvalue weighted by Gasteiger charge is 2.09. The van der Waals surface area contributed by atoms with Crippen LogP contribution in [0.25, 0.3) is 0 Å². The number of methoxy groups -OCH3 is 1. The third-order valence-corrected chi connectivity index (χ3v) is 3.82. The molecule has 0 aliphatic carbocycles. The second-order valence-corrected chi connectivity index (χ2v) is 5.19. The van der Waals surface area contributed by atoms with Gasteiger partial charge >= 0.3 is 0 Å². The number of benzene rings is 1. The summed E-state index contributed by atoms with van der Waals surface area (Å²) < 4.78 is 22.7. The van der Waals surface area contributed by atoms with Crippen molar-refractivity contribution in [2.45, 2.75) is 17.2 Å². The lowest BCUT2D eigenvalue weighted by atomic mass is 10.3. The molecule has 96 valence electrons. The molecule has 0 bridgehead atoms. The molecule has 0 radical (unpaired) electrons. The van der Waals surface area contributed by atoms with Gasteiger partial charge in [-0.15, -0.1) is 0 Å². The molecular weight excluding hydrogens is 250 g/mol. The van der Waals surface area contributed by atoms with E-state index in [1.54, 1.807) is 25.3 Å². The van der Waals surface area contributed by atoms with Crippen molar-refractivity contribution in [2.75, 3.05) is 7.11 Å². The topological polar surface area (TPSA) is 65.5 Å². The van der Waals surface area contributed by atoms with Crippen LogP contribution in [0.15, 0.2) is 45.7 Å². The van der Waals surface area contributed by atoms with Gasteiger partial charge in [-0.05, 0) is 30.3 Å². The second kappa shape index (κ2) is 5.84. The largest absolute Gasteiger partial charge is 0.497 e. The summed E-state index contributed by atoms with van der Waals surface area (Å²) in [5.74, 6) is 2.42. The Morgan fingerprint density at radius 2 is 2.06 bits per heavy atom. The van der Waals surface area contributed by atoms with Crippen molar-refractivity contribution in [3.05, 3.63) is 47.9 Å². The van der Waals surface area contributed by atoms with Crippen molar-refractivity contribution in [3.63, 3.8) is 0 Å². The summed E-state index contributed by atoms with van der Waals surface area (Å²) in [6, 6.07) is 10.8. The Labute approximate surface area is 108 Å². The second-order valence-electron chi connectivity index (χ2n) is 3.74. The van der Waals surface area contributed by atoms with Crippen LogP contribution in [-0.2, 0) is 23.1 Å². The van der Waals surface area contributed by atoms with Crippen molar-refractivity contribution in [3.8, 4) is 5.75 Å². The van der Waals surface area contributed by atoms with E-state index < -0.39 is 10.8 Å². The number of nitrogens with two attached hydrogens (primary N) is 1. The fourth-order valence-corrected chi connectivity index (χ4v) is 2.62. The summed E-state index contributed by atoms with van der Waals surface area (Å²) in [6.07, 6.45) is 0. The molecule has 18 heavy (non-hydrogen) atoms. The Morgan fingerprint density at radius 1 is 1.28 bits per heavy atom. The molecular formula is C13H15NO3S. The van der Waals surface area contributed by atoms with Crippen molar-refractivity contribution in [2.24, 2.45) is 5.73 Å². The minimum atomic E-state index is -1.15. The smallest absolute Gasteiger partial charge is 0.120 e. The van der Waals surface area contributed by atoms with Crippen LogP contribution < -0.4 is 10.5 Å². The van der Waals surface area contributed by atoms with Crippen LogP contribution in [0.1, 0.15) is 11.5 Å². The first-order valence-corrected chi connectivity index (χ1v) is 6.85. The van der Waals surface area contributed by atoms with E-state index in [9.17, 15) is 4.21 Å². The average Bonchev–Trinajstić information content (AvgIpc) is 2.86. The fraction of sp³-hybridized carbons (Fsp3) is 0.231. The van der Waals surface area contributed by atoms with Gasteiger partial charge in [-0.2, -0.15) is 0 Å². The fourth-order valence-electron chi connectivity index (χ4n) is 1.56. The summed E-state index contributed by atoms with van der Waals surface area (Å²) in [7, 11) is 0.436. The Balaban J connectivity index is 2.11. The third kappa shape index (κ3) is 3.00. The molecule has 1 unspecified atom stereocenters. The molecule has 0 spiro atoms. The molecule has 0 aliphatic heterocycles. The standard InChI is InChI=1S/C13H15NO3S/c1-16-10-3-2-4-13(7-10)18(15)9-12-6-5-11(8-14)17-12/h2-7H,8-9,14H2,1H3. The Morgan fingerprint density at radius 3 is 2.72 bits per heavy atom. The molecule has 1 atom stereocenters. The predicted octanol–water partition coefficient (Wildman–Crippen LogP) is 2.05. The van der Waals surface area contributed by atoms with Gasteiger partial charge in [0.15, 0.2) is 0 Å². The Hall–Kier alpha value is -1.59. The van der Waals surface area contributed by atoms with Gasteiger partial charge in [-0.25, -0.2) is 0 Å². The van der Waals surface area contributed by atoms with Gasteiger partial charge in [0.05, 0.1) is 30.2 Å². The molecule has 4 nitrogen and oxygen atoms in total. The van der Waals surface area contributed by atoms with Gasteiger partial charge in [-0.3, -0.25) is 4.21 Å². The zero-order valence-electron chi connectivity index (χ0n) is 10.1. The van der Waals surface area contributed by atoms with E-state index in [-0.39, 0.29) is 0 Å². The molecule has 2 aromatic rings. The predicted molar refractivity (Wildman–Crippen MR) is 69.7 cm³/mol. The van der Waals surface area contributed by atoms with Crippen molar-refractivity contribution in [1.29, 1.82) is 0 Å². The van der Waals surface area contributed by atoms with E-state index in [1.165, 1.54) is 0 Å². The summed E-state index contributed by atoms with van der Waals surface area (Å²) in [4.78, 5) is 0.722. The Bertz CT molecular complexity index is 551. The van der Waals surface area contributed by atoms with Crippen LogP contribution in [0, 0.1) is 0 Å². The number of hydrogen-bond acceptors (Lipinski definition) is 4. The number of rotatable bonds is 5. The summed E-state index contributed by atoms with van der Waals surface area (Å²) >= 11 is 0. The molecule has 1 aromatic heterocycles. The van der Waals surface area contributed by atoms with Gasteiger partial charge in [-0.1, -0.05) is 6.07 Å². The molecule has 2 rings (SSSR count). The maximum Gasteiger partial charge on any atom is 0.120 e. The van der Waals surface area contributed by atoms with E-state index in [0.717, 1.165) is 4.90 Å². The third-order valence-electron chi connectivity index (χ3n) is 2.50. The Kier molecular flexibility index (Phi) is 4.17. The molecule has 0 aliphatic rings. The lowest BCUT2D eigenvalue weighted by Crippen LogP contribution is -1.96. The normalized spacial score (nSPS) is 12.3. The van der Waals surface area contributed by atoms with Crippen molar-refractivity contribution in [1.82, 2.24) is 0 Å². The van der Waals surface area contributed by atoms with Gasteiger partial charge in [0.25, 0.3) is 0 Å². The molecule has 5 heteroatoms. The highest BCUT2D eigenvalue weighted by Crippen LogP contribution is 2.19. The van der Waals surface area contributed by atoms with Crippen molar-refractivity contribution >= 4 is 10.8 Å². The first-order valence-electron chi connectivity index (χ1n) is 5.53. The first kappa shape index (κ1) is 12.9. The molecule has 0 saturated carbocycles. The zero-order chi connectivity index (χ0) is 13.0. The van der Waals surface area contributed by atoms with E-state index in [4.69, 9.17) is 14.9 Å². The summed E-state index contributed by atoms with van der Waals surface area (Å²) in [6.45, 7) is 0.353. The van der Waals surface area contributed by atoms with E-state index >= 15 is 0 Å². The number of ether oxygens (including phenoxy) is 1. The van der Waals surface area contributed by atoms with Gasteiger partial charge in [0.1, 0.15) is 17.3 Å². The molecule has 1 aromatic carbocycles. The van der Waals surface area contributed by atoms with E-state index in [0.29, 0.717) is 29.6 Å². The molecule has 0 fully saturated rings.